The van der Waals surface area contributed by atoms with Gasteiger partial charge in [-0.3, -0.25) is 4.79 Å². The van der Waals surface area contributed by atoms with E-state index in [0.29, 0.717) is 23.5 Å². The number of nitrogens with zero attached hydrogens (tertiary/aromatic N) is 2. The summed E-state index contributed by atoms with van der Waals surface area (Å²) in [6.45, 7) is 4.78. The SMILES string of the molecule is CCCCCCNC(=O)c1cc(-c2ccccc2F)nn1-c1ccc(C)cc1. The minimum atomic E-state index is -0.359. The second kappa shape index (κ2) is 9.31. The monoisotopic (exact) mass is 379 g/mol. The minimum Gasteiger partial charge on any atom is -0.351 e. The number of aryl methyl sites for hydroxylation is 1. The lowest BCUT2D eigenvalue weighted by Crippen LogP contribution is -2.26. The summed E-state index contributed by atoms with van der Waals surface area (Å²) in [5.74, 6) is -0.560. The first-order chi connectivity index (χ1) is 13.6. The Labute approximate surface area is 165 Å². The predicted molar refractivity (Wildman–Crippen MR) is 110 cm³/mol. The van der Waals surface area contributed by atoms with E-state index < -0.39 is 0 Å². The number of halogens is 1. The summed E-state index contributed by atoms with van der Waals surface area (Å²) in [5.41, 5.74) is 3.11. The van der Waals surface area contributed by atoms with Gasteiger partial charge in [0.2, 0.25) is 0 Å². The van der Waals surface area contributed by atoms with Crippen LogP contribution in [0.3, 0.4) is 0 Å². The number of nitrogens with one attached hydrogen (secondary N) is 1. The van der Waals surface area contributed by atoms with Gasteiger partial charge in [0.15, 0.2) is 0 Å². The molecule has 0 bridgehead atoms. The maximum atomic E-state index is 14.2. The number of aromatic nitrogens is 2. The van der Waals surface area contributed by atoms with Crippen LogP contribution in [0.4, 0.5) is 4.39 Å². The Morgan fingerprint density at radius 3 is 2.54 bits per heavy atom. The van der Waals surface area contributed by atoms with Gasteiger partial charge in [-0.25, -0.2) is 9.07 Å². The molecule has 0 atom stereocenters. The van der Waals surface area contributed by atoms with Gasteiger partial charge in [0.1, 0.15) is 11.5 Å². The molecule has 3 aromatic rings. The van der Waals surface area contributed by atoms with Crippen molar-refractivity contribution in [3.63, 3.8) is 0 Å². The molecule has 0 spiro atoms. The average molecular weight is 379 g/mol. The van der Waals surface area contributed by atoms with Crippen LogP contribution in [0.1, 0.15) is 48.7 Å². The van der Waals surface area contributed by atoms with E-state index in [9.17, 15) is 9.18 Å². The van der Waals surface area contributed by atoms with Crippen molar-refractivity contribution in [3.8, 4) is 16.9 Å². The summed E-state index contributed by atoms with van der Waals surface area (Å²) in [7, 11) is 0. The van der Waals surface area contributed by atoms with Crippen LogP contribution in [0.25, 0.3) is 16.9 Å². The molecular formula is C23H26FN3O. The topological polar surface area (TPSA) is 46.9 Å². The molecule has 5 heteroatoms. The van der Waals surface area contributed by atoms with Gasteiger partial charge in [-0.05, 0) is 43.7 Å². The van der Waals surface area contributed by atoms with Gasteiger partial charge < -0.3 is 5.32 Å². The molecule has 0 saturated heterocycles. The lowest BCUT2D eigenvalue weighted by atomic mass is 10.1. The average Bonchev–Trinajstić information content (AvgIpc) is 3.14. The minimum absolute atomic E-state index is 0.202. The fourth-order valence-electron chi connectivity index (χ4n) is 3.07. The molecule has 1 amide bonds. The maximum absolute atomic E-state index is 14.2. The Kier molecular flexibility index (Phi) is 6.58. The van der Waals surface area contributed by atoms with E-state index in [4.69, 9.17) is 0 Å². The zero-order chi connectivity index (χ0) is 19.9. The van der Waals surface area contributed by atoms with Crippen LogP contribution >= 0.6 is 0 Å². The third kappa shape index (κ3) is 4.66. The van der Waals surface area contributed by atoms with Gasteiger partial charge in [0.25, 0.3) is 5.91 Å². The Bertz CT molecular complexity index is 931. The van der Waals surface area contributed by atoms with Crippen molar-refractivity contribution in [2.45, 2.75) is 39.5 Å². The first-order valence-corrected chi connectivity index (χ1v) is 9.80. The summed E-state index contributed by atoms with van der Waals surface area (Å²) < 4.78 is 15.8. The van der Waals surface area contributed by atoms with Crippen molar-refractivity contribution in [1.29, 1.82) is 0 Å². The lowest BCUT2D eigenvalue weighted by molar-refractivity contribution is 0.0945. The van der Waals surface area contributed by atoms with E-state index in [0.717, 1.165) is 36.9 Å². The largest absolute Gasteiger partial charge is 0.351 e. The van der Waals surface area contributed by atoms with Crippen LogP contribution in [-0.4, -0.2) is 22.2 Å². The molecule has 0 fully saturated rings. The number of unbranched alkanes of at least 4 members (excludes halogenated alkanes) is 3. The van der Waals surface area contributed by atoms with Crippen LogP contribution in [0, 0.1) is 12.7 Å². The van der Waals surface area contributed by atoms with Crippen LogP contribution in [0.2, 0.25) is 0 Å². The molecule has 0 unspecified atom stereocenters. The van der Waals surface area contributed by atoms with Gasteiger partial charge in [0, 0.05) is 12.1 Å². The molecule has 1 N–H and O–H groups in total. The standard InChI is InChI=1S/C23H26FN3O/c1-3-4-5-8-15-25-23(28)22-16-21(19-9-6-7-10-20(19)24)26-27(22)18-13-11-17(2)12-14-18/h6-7,9-14,16H,3-5,8,15H2,1-2H3,(H,25,28). The summed E-state index contributed by atoms with van der Waals surface area (Å²) in [6, 6.07) is 15.9. The first-order valence-electron chi connectivity index (χ1n) is 9.80. The Hall–Kier alpha value is -2.95. The van der Waals surface area contributed by atoms with Crippen molar-refractivity contribution < 1.29 is 9.18 Å². The normalized spacial score (nSPS) is 10.8. The second-order valence-corrected chi connectivity index (χ2v) is 6.96. The van der Waals surface area contributed by atoms with E-state index >= 15 is 0 Å². The molecule has 2 aromatic carbocycles. The molecule has 0 radical (unpaired) electrons. The van der Waals surface area contributed by atoms with Gasteiger partial charge in [-0.2, -0.15) is 5.10 Å². The summed E-state index contributed by atoms with van der Waals surface area (Å²) in [6.07, 6.45) is 4.35. The van der Waals surface area contributed by atoms with E-state index in [1.54, 1.807) is 28.9 Å². The zero-order valence-electron chi connectivity index (χ0n) is 16.4. The number of benzene rings is 2. The zero-order valence-corrected chi connectivity index (χ0v) is 16.4. The van der Waals surface area contributed by atoms with Crippen molar-refractivity contribution in [2.24, 2.45) is 0 Å². The number of carbonyl (C=O) groups excluding carboxylic acids is 1. The summed E-state index contributed by atoms with van der Waals surface area (Å²) in [5, 5.41) is 7.50. The fraction of sp³-hybridized carbons (Fsp3) is 0.304. The molecule has 4 nitrogen and oxygen atoms in total. The number of amides is 1. The van der Waals surface area contributed by atoms with E-state index in [1.165, 1.54) is 6.07 Å². The molecule has 0 aliphatic rings. The number of hydrogen-bond donors (Lipinski definition) is 1. The van der Waals surface area contributed by atoms with Crippen molar-refractivity contribution in [1.82, 2.24) is 15.1 Å². The van der Waals surface area contributed by atoms with Gasteiger partial charge in [0.05, 0.1) is 11.4 Å². The van der Waals surface area contributed by atoms with E-state index in [2.05, 4.69) is 17.3 Å². The molecule has 28 heavy (non-hydrogen) atoms. The summed E-state index contributed by atoms with van der Waals surface area (Å²) >= 11 is 0. The quantitative estimate of drug-likeness (QED) is 0.540. The first kappa shape index (κ1) is 19.8. The van der Waals surface area contributed by atoms with Crippen molar-refractivity contribution in [2.75, 3.05) is 6.54 Å². The molecule has 0 aliphatic heterocycles. The Morgan fingerprint density at radius 1 is 1.07 bits per heavy atom. The highest BCUT2D eigenvalue weighted by molar-refractivity contribution is 5.94. The molecule has 1 aromatic heterocycles. The van der Waals surface area contributed by atoms with E-state index in [1.807, 2.05) is 31.2 Å². The van der Waals surface area contributed by atoms with E-state index in [-0.39, 0.29) is 11.7 Å². The van der Waals surface area contributed by atoms with Crippen LogP contribution in [-0.2, 0) is 0 Å². The molecule has 1 heterocycles. The number of hydrogen-bond acceptors (Lipinski definition) is 2. The molecule has 0 saturated carbocycles. The lowest BCUT2D eigenvalue weighted by Gasteiger charge is -2.08. The summed E-state index contributed by atoms with van der Waals surface area (Å²) in [4.78, 5) is 12.8. The predicted octanol–water partition coefficient (Wildman–Crippen LogP) is 5.30. The highest BCUT2D eigenvalue weighted by atomic mass is 19.1. The molecule has 0 aliphatic carbocycles. The Morgan fingerprint density at radius 2 is 1.82 bits per heavy atom. The maximum Gasteiger partial charge on any atom is 0.270 e. The number of carbonyl (C=O) groups is 1. The third-order valence-electron chi connectivity index (χ3n) is 4.69. The van der Waals surface area contributed by atoms with Gasteiger partial charge >= 0.3 is 0 Å². The van der Waals surface area contributed by atoms with Gasteiger partial charge in [-0.15, -0.1) is 0 Å². The molecule has 3 rings (SSSR count). The smallest absolute Gasteiger partial charge is 0.270 e. The van der Waals surface area contributed by atoms with Gasteiger partial charge in [-0.1, -0.05) is 56.0 Å². The van der Waals surface area contributed by atoms with Crippen molar-refractivity contribution >= 4 is 5.91 Å². The van der Waals surface area contributed by atoms with Crippen LogP contribution in [0.5, 0.6) is 0 Å². The highest BCUT2D eigenvalue weighted by Crippen LogP contribution is 2.24. The molecule has 146 valence electrons. The van der Waals surface area contributed by atoms with Crippen LogP contribution < -0.4 is 5.32 Å². The Balaban J connectivity index is 1.91. The van der Waals surface area contributed by atoms with Crippen molar-refractivity contribution in [3.05, 3.63) is 71.7 Å². The second-order valence-electron chi connectivity index (χ2n) is 6.96. The molecular weight excluding hydrogens is 353 g/mol. The third-order valence-corrected chi connectivity index (χ3v) is 4.69. The van der Waals surface area contributed by atoms with Crippen LogP contribution in [0.15, 0.2) is 54.6 Å². The fourth-order valence-corrected chi connectivity index (χ4v) is 3.07. The number of rotatable bonds is 8. The highest BCUT2D eigenvalue weighted by Gasteiger charge is 2.18.